The first-order valence-electron chi connectivity index (χ1n) is 6.59. The highest BCUT2D eigenvalue weighted by molar-refractivity contribution is 7.98. The lowest BCUT2D eigenvalue weighted by atomic mass is 10.1. The molecule has 0 unspecified atom stereocenters. The minimum Gasteiger partial charge on any atom is -0.277 e. The van der Waals surface area contributed by atoms with E-state index in [0.29, 0.717) is 22.7 Å². The predicted octanol–water partition coefficient (Wildman–Crippen LogP) is 3.35. The van der Waals surface area contributed by atoms with E-state index in [-0.39, 0.29) is 0 Å². The molecule has 2 heterocycles. The van der Waals surface area contributed by atoms with Crippen molar-refractivity contribution >= 4 is 11.8 Å². The van der Waals surface area contributed by atoms with Gasteiger partial charge >= 0.3 is 6.55 Å². The van der Waals surface area contributed by atoms with E-state index in [4.69, 9.17) is 0 Å². The molecule has 0 aromatic carbocycles. The number of alkyl halides is 2. The van der Waals surface area contributed by atoms with Crippen LogP contribution in [-0.4, -0.2) is 24.7 Å². The Kier molecular flexibility index (Phi) is 4.00. The van der Waals surface area contributed by atoms with Gasteiger partial charge in [-0.2, -0.15) is 8.78 Å². The minimum absolute atomic E-state index is 0.331. The first-order chi connectivity index (χ1) is 9.74. The van der Waals surface area contributed by atoms with E-state index in [1.165, 1.54) is 37.0 Å². The molecule has 0 atom stereocenters. The molecule has 0 radical (unpaired) electrons. The first kappa shape index (κ1) is 13.5. The summed E-state index contributed by atoms with van der Waals surface area (Å²) in [5.74, 6) is 2.05. The van der Waals surface area contributed by atoms with E-state index in [1.54, 1.807) is 0 Å². The molecule has 0 amide bonds. The molecule has 1 aliphatic rings. The monoisotopic (exact) mass is 299 g/mol. The van der Waals surface area contributed by atoms with Crippen molar-refractivity contribution in [3.63, 3.8) is 0 Å². The van der Waals surface area contributed by atoms with Crippen LogP contribution in [0.5, 0.6) is 0 Å². The highest BCUT2D eigenvalue weighted by Gasteiger charge is 2.21. The molecule has 1 fully saturated rings. The summed E-state index contributed by atoms with van der Waals surface area (Å²) in [4.78, 5) is 8.37. The van der Waals surface area contributed by atoms with Gasteiger partial charge in [0.1, 0.15) is 11.6 Å². The van der Waals surface area contributed by atoms with Crippen LogP contribution in [0.3, 0.4) is 0 Å². The Hall–Kier alpha value is -1.44. The Morgan fingerprint density at radius 2 is 2.20 bits per heavy atom. The van der Waals surface area contributed by atoms with Crippen molar-refractivity contribution in [1.29, 1.82) is 0 Å². The Morgan fingerprint density at radius 3 is 2.95 bits per heavy atom. The quantitative estimate of drug-likeness (QED) is 0.860. The van der Waals surface area contributed by atoms with E-state index < -0.39 is 6.55 Å². The normalized spacial score (nSPS) is 16.4. The molecule has 108 valence electrons. The molecule has 5 nitrogen and oxygen atoms in total. The summed E-state index contributed by atoms with van der Waals surface area (Å²) in [6, 6.07) is 0. The summed E-state index contributed by atoms with van der Waals surface area (Å²) in [5.41, 5.74) is 0. The fourth-order valence-electron chi connectivity index (χ4n) is 2.47. The van der Waals surface area contributed by atoms with Gasteiger partial charge in [0.2, 0.25) is 5.16 Å². The van der Waals surface area contributed by atoms with E-state index >= 15 is 0 Å². The van der Waals surface area contributed by atoms with Crippen LogP contribution in [0.15, 0.2) is 17.6 Å². The largest absolute Gasteiger partial charge is 0.319 e. The average molecular weight is 299 g/mol. The number of rotatable bonds is 5. The zero-order valence-electron chi connectivity index (χ0n) is 10.8. The molecule has 0 aliphatic heterocycles. The molecule has 2 aromatic heterocycles. The van der Waals surface area contributed by atoms with Crippen molar-refractivity contribution in [3.05, 3.63) is 24.0 Å². The van der Waals surface area contributed by atoms with Gasteiger partial charge in [0.05, 0.1) is 5.75 Å². The zero-order chi connectivity index (χ0) is 13.9. The number of halogens is 2. The summed E-state index contributed by atoms with van der Waals surface area (Å²) in [7, 11) is 0. The maximum absolute atomic E-state index is 12.7. The van der Waals surface area contributed by atoms with E-state index in [0.717, 1.165) is 23.2 Å². The number of imidazole rings is 1. The molecule has 20 heavy (non-hydrogen) atoms. The van der Waals surface area contributed by atoms with Crippen molar-refractivity contribution in [3.8, 4) is 0 Å². The number of nitrogens with zero attached hydrogens (tertiary/aromatic N) is 4. The number of aromatic amines is 1. The number of hydrogen-bond donors (Lipinski definition) is 1. The third-order valence-corrected chi connectivity index (χ3v) is 4.36. The lowest BCUT2D eigenvalue weighted by molar-refractivity contribution is 0.0678. The Balaban J connectivity index is 1.62. The zero-order valence-corrected chi connectivity index (χ0v) is 11.6. The lowest BCUT2D eigenvalue weighted by Gasteiger charge is -2.04. The average Bonchev–Trinajstić information content (AvgIpc) is 3.16. The van der Waals surface area contributed by atoms with Crippen molar-refractivity contribution in [2.75, 3.05) is 0 Å². The number of hydrogen-bond acceptors (Lipinski definition) is 4. The maximum Gasteiger partial charge on any atom is 0.319 e. The van der Waals surface area contributed by atoms with Crippen LogP contribution >= 0.6 is 11.8 Å². The van der Waals surface area contributed by atoms with Crippen molar-refractivity contribution in [2.45, 2.75) is 49.1 Å². The molecule has 1 saturated carbocycles. The van der Waals surface area contributed by atoms with Crippen molar-refractivity contribution in [1.82, 2.24) is 24.7 Å². The van der Waals surface area contributed by atoms with Crippen LogP contribution in [0.2, 0.25) is 0 Å². The van der Waals surface area contributed by atoms with Gasteiger partial charge in [-0.15, -0.1) is 5.10 Å². The third kappa shape index (κ3) is 2.84. The molecule has 2 aromatic rings. The molecule has 1 aliphatic carbocycles. The number of nitrogens with one attached hydrogen (secondary N) is 1. The third-order valence-electron chi connectivity index (χ3n) is 3.51. The van der Waals surface area contributed by atoms with E-state index in [2.05, 4.69) is 20.2 Å². The SMILES string of the molecule is FC(F)n1ccnc1CSc1n[nH]c(C2CCCC2)n1. The first-order valence-corrected chi connectivity index (χ1v) is 7.57. The molecule has 0 bridgehead atoms. The molecular weight excluding hydrogens is 284 g/mol. The Bertz CT molecular complexity index is 562. The second-order valence-corrected chi connectivity index (χ2v) is 5.74. The second kappa shape index (κ2) is 5.90. The van der Waals surface area contributed by atoms with Gasteiger partial charge in [-0.05, 0) is 12.8 Å². The van der Waals surface area contributed by atoms with Gasteiger partial charge in [0.25, 0.3) is 0 Å². The Morgan fingerprint density at radius 1 is 1.40 bits per heavy atom. The second-order valence-electron chi connectivity index (χ2n) is 4.80. The van der Waals surface area contributed by atoms with Gasteiger partial charge in [0, 0.05) is 18.3 Å². The van der Waals surface area contributed by atoms with Crippen LogP contribution in [-0.2, 0) is 5.75 Å². The lowest BCUT2D eigenvalue weighted by Crippen LogP contribution is -2.02. The summed E-state index contributed by atoms with van der Waals surface area (Å²) >= 11 is 1.32. The van der Waals surface area contributed by atoms with Gasteiger partial charge in [-0.3, -0.25) is 9.67 Å². The minimum atomic E-state index is -2.56. The predicted molar refractivity (Wildman–Crippen MR) is 70.6 cm³/mol. The number of thioether (sulfide) groups is 1. The number of H-pyrrole nitrogens is 1. The maximum atomic E-state index is 12.7. The standard InChI is InChI=1S/C12H15F2N5S/c13-11(14)19-6-5-15-9(19)7-20-12-16-10(17-18-12)8-3-1-2-4-8/h5-6,8,11H,1-4,7H2,(H,16,17,18). The van der Waals surface area contributed by atoms with Gasteiger partial charge in [0.15, 0.2) is 0 Å². The number of aromatic nitrogens is 5. The fraction of sp³-hybridized carbons (Fsp3) is 0.583. The summed E-state index contributed by atoms with van der Waals surface area (Å²) < 4.78 is 26.2. The molecule has 0 spiro atoms. The molecule has 1 N–H and O–H groups in total. The van der Waals surface area contributed by atoms with Crippen LogP contribution in [0.4, 0.5) is 8.78 Å². The Labute approximate surface area is 119 Å². The van der Waals surface area contributed by atoms with Crippen LogP contribution in [0.25, 0.3) is 0 Å². The van der Waals surface area contributed by atoms with Crippen LogP contribution in [0.1, 0.15) is 49.8 Å². The van der Waals surface area contributed by atoms with Gasteiger partial charge < -0.3 is 0 Å². The summed E-state index contributed by atoms with van der Waals surface area (Å²) in [6.45, 7) is -2.56. The highest BCUT2D eigenvalue weighted by atomic mass is 32.2. The fourth-order valence-corrected chi connectivity index (χ4v) is 3.22. The molecule has 8 heteroatoms. The molecular formula is C12H15F2N5S. The molecule has 0 saturated heterocycles. The van der Waals surface area contributed by atoms with Gasteiger partial charge in [-0.25, -0.2) is 9.97 Å². The van der Waals surface area contributed by atoms with Crippen molar-refractivity contribution in [2.24, 2.45) is 0 Å². The van der Waals surface area contributed by atoms with Crippen molar-refractivity contribution < 1.29 is 8.78 Å². The van der Waals surface area contributed by atoms with Crippen LogP contribution in [0, 0.1) is 0 Å². The van der Waals surface area contributed by atoms with Crippen LogP contribution < -0.4 is 0 Å². The highest BCUT2D eigenvalue weighted by Crippen LogP contribution is 2.32. The molecule has 3 rings (SSSR count). The van der Waals surface area contributed by atoms with Gasteiger partial charge in [-0.1, -0.05) is 24.6 Å². The summed E-state index contributed by atoms with van der Waals surface area (Å²) in [6.07, 6.45) is 7.43. The topological polar surface area (TPSA) is 59.4 Å². The summed E-state index contributed by atoms with van der Waals surface area (Å²) in [5, 5.41) is 7.69. The van der Waals surface area contributed by atoms with E-state index in [1.807, 2.05) is 0 Å². The van der Waals surface area contributed by atoms with E-state index in [9.17, 15) is 8.78 Å². The smallest absolute Gasteiger partial charge is 0.277 e.